The fourth-order valence-electron chi connectivity index (χ4n) is 2.11. The fraction of sp³-hybridized carbons (Fsp3) is 0.385. The van der Waals surface area contributed by atoms with Crippen molar-refractivity contribution in [2.45, 2.75) is 17.0 Å². The minimum atomic E-state index is -1.91. The molecule has 1 aromatic rings. The zero-order valence-electron chi connectivity index (χ0n) is 11.8. The van der Waals surface area contributed by atoms with Gasteiger partial charge in [0.25, 0.3) is 3.92 Å². The fourth-order valence-corrected chi connectivity index (χ4v) is 2.62. The Morgan fingerprint density at radius 1 is 1.45 bits per heavy atom. The highest BCUT2D eigenvalue weighted by Crippen LogP contribution is 2.36. The molecule has 2 atom stereocenters. The Morgan fingerprint density at radius 3 is 2.68 bits per heavy atom. The molecule has 0 radical (unpaired) electrons. The molecule has 1 fully saturated rings. The van der Waals surface area contributed by atoms with Crippen LogP contribution < -0.4 is 15.1 Å². The highest BCUT2D eigenvalue weighted by molar-refractivity contribution is 7.79. The van der Waals surface area contributed by atoms with E-state index in [0.29, 0.717) is 11.4 Å². The zero-order chi connectivity index (χ0) is 16.5. The Morgan fingerprint density at radius 2 is 2.14 bits per heavy atom. The molecule has 22 heavy (non-hydrogen) atoms. The van der Waals surface area contributed by atoms with Crippen molar-refractivity contribution >= 4 is 64.1 Å². The van der Waals surface area contributed by atoms with Crippen molar-refractivity contribution in [2.24, 2.45) is 5.92 Å². The minimum Gasteiger partial charge on any atom is -0.497 e. The maximum Gasteiger partial charge on any atom is 0.343 e. The van der Waals surface area contributed by atoms with Gasteiger partial charge >= 0.3 is 6.03 Å². The Hall–Kier alpha value is -0.790. The Balaban J connectivity index is 2.44. The maximum absolute atomic E-state index is 12.6. The molecule has 1 aliphatic heterocycles. The molecule has 0 aliphatic carbocycles. The van der Waals surface area contributed by atoms with Gasteiger partial charge in [0.2, 0.25) is 0 Å². The van der Waals surface area contributed by atoms with E-state index in [-0.39, 0.29) is 5.92 Å². The number of hydrogen-bond donors (Lipinski definition) is 1. The number of halogens is 3. The molecule has 1 saturated heterocycles. The second-order valence-corrected chi connectivity index (χ2v) is 7.22. The molecule has 1 aromatic carbocycles. The molecule has 5 nitrogen and oxygen atoms in total. The largest absolute Gasteiger partial charge is 0.497 e. The van der Waals surface area contributed by atoms with Crippen LogP contribution in [0.4, 0.5) is 10.5 Å². The SMILES string of the molecule is COc1cccc(N2C(=O)N(C(Cl)(Cl)Cl)NC2C(C)C=S)c1. The number of nitrogens with one attached hydrogen (secondary N) is 1. The molecule has 1 N–H and O–H groups in total. The normalized spacial score (nSPS) is 20.2. The first-order chi connectivity index (χ1) is 10.3. The molecule has 2 unspecified atom stereocenters. The second-order valence-electron chi connectivity index (χ2n) is 4.73. The zero-order valence-corrected chi connectivity index (χ0v) is 14.9. The van der Waals surface area contributed by atoms with Gasteiger partial charge in [0.05, 0.1) is 12.8 Å². The summed E-state index contributed by atoms with van der Waals surface area (Å²) in [7, 11) is 1.55. The van der Waals surface area contributed by atoms with Crippen molar-refractivity contribution in [2.75, 3.05) is 12.0 Å². The van der Waals surface area contributed by atoms with Crippen LogP contribution in [0, 0.1) is 5.92 Å². The monoisotopic (exact) mass is 381 g/mol. The second kappa shape index (κ2) is 6.76. The van der Waals surface area contributed by atoms with E-state index in [1.165, 1.54) is 4.90 Å². The van der Waals surface area contributed by atoms with Crippen molar-refractivity contribution in [1.29, 1.82) is 0 Å². The Kier molecular flexibility index (Phi) is 5.40. The van der Waals surface area contributed by atoms with Gasteiger partial charge < -0.3 is 4.74 Å². The molecular formula is C13H14Cl3N3O2S. The van der Waals surface area contributed by atoms with Gasteiger partial charge in [-0.2, -0.15) is 0 Å². The number of methoxy groups -OCH3 is 1. The van der Waals surface area contributed by atoms with E-state index in [1.54, 1.807) is 36.7 Å². The Labute approximate surface area is 149 Å². The number of hydrogen-bond acceptors (Lipinski definition) is 4. The molecule has 0 spiro atoms. The molecule has 1 aliphatic rings. The van der Waals surface area contributed by atoms with Gasteiger partial charge in [0, 0.05) is 12.0 Å². The van der Waals surface area contributed by atoms with E-state index in [0.717, 1.165) is 5.01 Å². The summed E-state index contributed by atoms with van der Waals surface area (Å²) in [5, 5.41) is 2.51. The number of benzene rings is 1. The molecular weight excluding hydrogens is 369 g/mol. The standard InChI is InChI=1S/C13H14Cl3N3O2S/c1-8(7-22)11-17-19(13(14,15)16)12(20)18(11)9-4-3-5-10(6-9)21-2/h3-8,11,17H,1-2H3. The first kappa shape index (κ1) is 17.6. The molecule has 2 amide bonds. The summed E-state index contributed by atoms with van der Waals surface area (Å²) in [5.74, 6) is 0.467. The van der Waals surface area contributed by atoms with Gasteiger partial charge in [-0.15, -0.1) is 0 Å². The maximum atomic E-state index is 12.6. The summed E-state index contributed by atoms with van der Waals surface area (Å²) in [6, 6.07) is 6.57. The molecule has 2 rings (SSSR count). The molecule has 120 valence electrons. The summed E-state index contributed by atoms with van der Waals surface area (Å²) in [6.45, 7) is 1.87. The van der Waals surface area contributed by atoms with Crippen LogP contribution in [0.5, 0.6) is 5.75 Å². The van der Waals surface area contributed by atoms with Crippen molar-refractivity contribution < 1.29 is 9.53 Å². The highest BCUT2D eigenvalue weighted by Gasteiger charge is 2.48. The van der Waals surface area contributed by atoms with Gasteiger partial charge in [-0.3, -0.25) is 4.90 Å². The topological polar surface area (TPSA) is 44.8 Å². The first-order valence-corrected chi connectivity index (χ1v) is 7.95. The summed E-state index contributed by atoms with van der Waals surface area (Å²) < 4.78 is 3.27. The van der Waals surface area contributed by atoms with Crippen LogP contribution in [0.3, 0.4) is 0 Å². The summed E-state index contributed by atoms with van der Waals surface area (Å²) >= 11 is 22.5. The molecule has 1 heterocycles. The highest BCUT2D eigenvalue weighted by atomic mass is 35.6. The van der Waals surface area contributed by atoms with E-state index in [4.69, 9.17) is 51.8 Å². The van der Waals surface area contributed by atoms with Crippen LogP contribution in [0.2, 0.25) is 0 Å². The number of carbonyl (C=O) groups excluding carboxylic acids is 1. The van der Waals surface area contributed by atoms with E-state index < -0.39 is 16.1 Å². The number of nitrogens with zero attached hydrogens (tertiary/aromatic N) is 2. The molecule has 0 saturated carbocycles. The van der Waals surface area contributed by atoms with Gasteiger partial charge in [-0.05, 0) is 17.5 Å². The van der Waals surface area contributed by atoms with E-state index in [9.17, 15) is 4.79 Å². The van der Waals surface area contributed by atoms with E-state index in [2.05, 4.69) is 5.43 Å². The third kappa shape index (κ3) is 3.41. The lowest BCUT2D eigenvalue weighted by atomic mass is 10.1. The van der Waals surface area contributed by atoms with Crippen LogP contribution in [0.1, 0.15) is 6.92 Å². The number of hydrazine groups is 1. The molecule has 9 heteroatoms. The van der Waals surface area contributed by atoms with Gasteiger partial charge in [0.1, 0.15) is 11.9 Å². The number of alkyl halides is 3. The quantitative estimate of drug-likeness (QED) is 0.489. The predicted molar refractivity (Wildman–Crippen MR) is 92.7 cm³/mol. The average molecular weight is 383 g/mol. The molecule has 0 aromatic heterocycles. The lowest BCUT2D eigenvalue weighted by Crippen LogP contribution is -2.46. The number of anilines is 1. The van der Waals surface area contributed by atoms with Crippen LogP contribution in [-0.2, 0) is 0 Å². The lowest BCUT2D eigenvalue weighted by molar-refractivity contribution is 0.196. The smallest absolute Gasteiger partial charge is 0.343 e. The number of ether oxygens (including phenoxy) is 1. The number of thiocarbonyl (C=S) groups is 1. The minimum absolute atomic E-state index is 0.150. The van der Waals surface area contributed by atoms with E-state index in [1.807, 2.05) is 6.92 Å². The van der Waals surface area contributed by atoms with Crippen molar-refractivity contribution in [3.8, 4) is 5.75 Å². The summed E-state index contributed by atoms with van der Waals surface area (Å²) in [4.78, 5) is 14.1. The van der Waals surface area contributed by atoms with Crippen molar-refractivity contribution in [3.05, 3.63) is 24.3 Å². The number of amides is 2. The molecule has 0 bridgehead atoms. The van der Waals surface area contributed by atoms with Crippen LogP contribution in [0.25, 0.3) is 0 Å². The Bertz CT molecular complexity index is 582. The van der Waals surface area contributed by atoms with Crippen LogP contribution in [0.15, 0.2) is 24.3 Å². The van der Waals surface area contributed by atoms with Crippen molar-refractivity contribution in [1.82, 2.24) is 10.4 Å². The number of carbonyl (C=O) groups is 1. The third-order valence-corrected chi connectivity index (χ3v) is 4.17. The van der Waals surface area contributed by atoms with Crippen LogP contribution in [-0.4, -0.2) is 33.6 Å². The van der Waals surface area contributed by atoms with Gasteiger partial charge in [-0.25, -0.2) is 15.2 Å². The van der Waals surface area contributed by atoms with Crippen molar-refractivity contribution in [3.63, 3.8) is 0 Å². The predicted octanol–water partition coefficient (Wildman–Crippen LogP) is 3.73. The third-order valence-electron chi connectivity index (χ3n) is 3.23. The number of rotatable bonds is 4. The van der Waals surface area contributed by atoms with Gasteiger partial charge in [0.15, 0.2) is 0 Å². The summed E-state index contributed by atoms with van der Waals surface area (Å²) in [6.07, 6.45) is -0.465. The average Bonchev–Trinajstić information content (AvgIpc) is 2.84. The first-order valence-electron chi connectivity index (χ1n) is 6.35. The summed E-state index contributed by atoms with van der Waals surface area (Å²) in [5.41, 5.74) is 3.51. The lowest BCUT2D eigenvalue weighted by Gasteiger charge is -2.25. The van der Waals surface area contributed by atoms with Gasteiger partial charge in [-0.1, -0.05) is 60.0 Å². The van der Waals surface area contributed by atoms with Crippen LogP contribution >= 0.6 is 47.0 Å². The number of urea groups is 1. The van der Waals surface area contributed by atoms with E-state index >= 15 is 0 Å².